The number of aromatic nitrogens is 2. The zero-order valence-corrected chi connectivity index (χ0v) is 17.3. The molecule has 0 bridgehead atoms. The van der Waals surface area contributed by atoms with E-state index >= 15 is 0 Å². The van der Waals surface area contributed by atoms with Crippen LogP contribution in [0.4, 0.5) is 0 Å². The molecule has 0 unspecified atom stereocenters. The lowest BCUT2D eigenvalue weighted by atomic mass is 10.2. The Balaban J connectivity index is 1.60. The first-order chi connectivity index (χ1) is 13.7. The zero-order valence-electron chi connectivity index (χ0n) is 14.9. The van der Waals surface area contributed by atoms with E-state index in [2.05, 4.69) is 15.9 Å². The standard InChI is InChI=1S/C22H17BrN2O2S/c23-16-10-12-18(13-11-16)27-14-15-28-22-24-20-9-5-4-8-19(20)21(26)25(22)17-6-2-1-3-7-17/h1-13H,14-15H2. The quantitative estimate of drug-likeness (QED) is 0.225. The number of para-hydroxylation sites is 2. The summed E-state index contributed by atoms with van der Waals surface area (Å²) in [5, 5.41) is 1.27. The average Bonchev–Trinajstić information content (AvgIpc) is 2.73. The van der Waals surface area contributed by atoms with Crippen molar-refractivity contribution in [3.63, 3.8) is 0 Å². The molecule has 0 atom stereocenters. The van der Waals surface area contributed by atoms with Gasteiger partial charge in [-0.2, -0.15) is 0 Å². The number of fused-ring (bicyclic) bond motifs is 1. The number of benzene rings is 3. The van der Waals surface area contributed by atoms with Crippen LogP contribution in [0.3, 0.4) is 0 Å². The predicted molar refractivity (Wildman–Crippen MR) is 118 cm³/mol. The lowest BCUT2D eigenvalue weighted by Crippen LogP contribution is -2.22. The van der Waals surface area contributed by atoms with Gasteiger partial charge in [0, 0.05) is 10.2 Å². The fourth-order valence-electron chi connectivity index (χ4n) is 2.84. The molecule has 4 nitrogen and oxygen atoms in total. The summed E-state index contributed by atoms with van der Waals surface area (Å²) in [5.74, 6) is 1.49. The van der Waals surface area contributed by atoms with Crippen molar-refractivity contribution in [3.8, 4) is 11.4 Å². The Kier molecular flexibility index (Phi) is 5.78. The molecule has 140 valence electrons. The van der Waals surface area contributed by atoms with Gasteiger partial charge in [0.15, 0.2) is 5.16 Å². The van der Waals surface area contributed by atoms with Gasteiger partial charge >= 0.3 is 0 Å². The van der Waals surface area contributed by atoms with Crippen LogP contribution >= 0.6 is 27.7 Å². The van der Waals surface area contributed by atoms with E-state index < -0.39 is 0 Å². The summed E-state index contributed by atoms with van der Waals surface area (Å²) in [6.07, 6.45) is 0. The van der Waals surface area contributed by atoms with Crippen LogP contribution in [-0.4, -0.2) is 21.9 Å². The molecule has 0 spiro atoms. The number of halogens is 1. The molecule has 3 aromatic carbocycles. The van der Waals surface area contributed by atoms with Gasteiger partial charge in [0.05, 0.1) is 23.2 Å². The second kappa shape index (κ2) is 8.63. The minimum atomic E-state index is -0.0619. The van der Waals surface area contributed by atoms with Crippen LogP contribution in [0.2, 0.25) is 0 Å². The Bertz CT molecular complexity index is 1140. The summed E-state index contributed by atoms with van der Waals surface area (Å²) in [4.78, 5) is 17.8. The molecule has 0 aliphatic rings. The maximum atomic E-state index is 13.1. The van der Waals surface area contributed by atoms with Crippen molar-refractivity contribution in [2.45, 2.75) is 5.16 Å². The highest BCUT2D eigenvalue weighted by atomic mass is 79.9. The van der Waals surface area contributed by atoms with E-state index in [4.69, 9.17) is 9.72 Å². The highest BCUT2D eigenvalue weighted by Crippen LogP contribution is 2.22. The molecule has 0 aliphatic carbocycles. The van der Waals surface area contributed by atoms with Gasteiger partial charge in [0.1, 0.15) is 5.75 Å². The minimum Gasteiger partial charge on any atom is -0.493 e. The molecule has 1 heterocycles. The highest BCUT2D eigenvalue weighted by Gasteiger charge is 2.13. The van der Waals surface area contributed by atoms with Crippen LogP contribution in [0.25, 0.3) is 16.6 Å². The summed E-state index contributed by atoms with van der Waals surface area (Å²) >= 11 is 4.93. The molecule has 0 saturated carbocycles. The SMILES string of the molecule is O=c1c2ccccc2nc(SCCOc2ccc(Br)cc2)n1-c1ccccc1. The van der Waals surface area contributed by atoms with Crippen molar-refractivity contribution < 1.29 is 4.74 Å². The highest BCUT2D eigenvalue weighted by molar-refractivity contribution is 9.10. The minimum absolute atomic E-state index is 0.0619. The Morgan fingerprint density at radius 1 is 0.929 bits per heavy atom. The molecule has 0 N–H and O–H groups in total. The number of rotatable bonds is 6. The van der Waals surface area contributed by atoms with E-state index in [1.807, 2.05) is 78.9 Å². The first-order valence-corrected chi connectivity index (χ1v) is 10.6. The lowest BCUT2D eigenvalue weighted by molar-refractivity contribution is 0.344. The van der Waals surface area contributed by atoms with Gasteiger partial charge in [-0.1, -0.05) is 58.0 Å². The number of hydrogen-bond acceptors (Lipinski definition) is 4. The fraction of sp³-hybridized carbons (Fsp3) is 0.0909. The zero-order chi connectivity index (χ0) is 19.3. The van der Waals surface area contributed by atoms with Gasteiger partial charge in [0.25, 0.3) is 5.56 Å². The molecule has 0 amide bonds. The van der Waals surface area contributed by atoms with Crippen molar-refractivity contribution >= 4 is 38.6 Å². The smallest absolute Gasteiger partial charge is 0.266 e. The predicted octanol–water partition coefficient (Wildman–Crippen LogP) is 5.32. The van der Waals surface area contributed by atoms with Crippen molar-refractivity contribution in [2.24, 2.45) is 0 Å². The number of hydrogen-bond donors (Lipinski definition) is 0. The van der Waals surface area contributed by atoms with Gasteiger partial charge in [-0.3, -0.25) is 9.36 Å². The van der Waals surface area contributed by atoms with E-state index in [1.54, 1.807) is 4.57 Å². The summed E-state index contributed by atoms with van der Waals surface area (Å²) in [6.45, 7) is 0.518. The van der Waals surface area contributed by atoms with Crippen LogP contribution in [-0.2, 0) is 0 Å². The second-order valence-electron chi connectivity index (χ2n) is 6.04. The molecule has 0 saturated heterocycles. The Morgan fingerprint density at radius 3 is 2.43 bits per heavy atom. The number of thioether (sulfide) groups is 1. The topological polar surface area (TPSA) is 44.1 Å². The summed E-state index contributed by atoms with van der Waals surface area (Å²) in [7, 11) is 0. The Morgan fingerprint density at radius 2 is 1.64 bits per heavy atom. The normalized spacial score (nSPS) is 10.9. The van der Waals surface area contributed by atoms with Gasteiger partial charge in [0.2, 0.25) is 0 Å². The van der Waals surface area contributed by atoms with E-state index in [9.17, 15) is 4.79 Å². The lowest BCUT2D eigenvalue weighted by Gasteiger charge is -2.13. The van der Waals surface area contributed by atoms with Crippen LogP contribution in [0.1, 0.15) is 0 Å². The van der Waals surface area contributed by atoms with Crippen molar-refractivity contribution in [1.29, 1.82) is 0 Å². The third kappa shape index (κ3) is 4.13. The van der Waals surface area contributed by atoms with Gasteiger partial charge in [-0.05, 0) is 48.5 Å². The Labute approximate surface area is 175 Å². The molecule has 0 radical (unpaired) electrons. The fourth-order valence-corrected chi connectivity index (χ4v) is 3.93. The molecule has 4 rings (SSSR count). The maximum absolute atomic E-state index is 13.1. The molecule has 6 heteroatoms. The van der Waals surface area contributed by atoms with Crippen molar-refractivity contribution in [1.82, 2.24) is 9.55 Å². The first-order valence-electron chi connectivity index (χ1n) is 8.81. The number of nitrogens with zero attached hydrogens (tertiary/aromatic N) is 2. The summed E-state index contributed by atoms with van der Waals surface area (Å²) in [5.41, 5.74) is 1.45. The summed E-state index contributed by atoms with van der Waals surface area (Å²) in [6, 6.07) is 24.8. The van der Waals surface area contributed by atoms with Gasteiger partial charge in [-0.25, -0.2) is 4.98 Å². The largest absolute Gasteiger partial charge is 0.493 e. The monoisotopic (exact) mass is 452 g/mol. The van der Waals surface area contributed by atoms with E-state index in [1.165, 1.54) is 11.8 Å². The molecule has 28 heavy (non-hydrogen) atoms. The van der Waals surface area contributed by atoms with E-state index in [0.29, 0.717) is 28.4 Å². The average molecular weight is 453 g/mol. The Hall–Kier alpha value is -2.57. The van der Waals surface area contributed by atoms with Gasteiger partial charge < -0.3 is 4.74 Å². The third-order valence-corrected chi connectivity index (χ3v) is 5.59. The number of ether oxygens (including phenoxy) is 1. The van der Waals surface area contributed by atoms with Crippen LogP contribution in [0, 0.1) is 0 Å². The van der Waals surface area contributed by atoms with Crippen molar-refractivity contribution in [2.75, 3.05) is 12.4 Å². The molecular formula is C22H17BrN2O2S. The summed E-state index contributed by atoms with van der Waals surface area (Å²) < 4.78 is 8.48. The third-order valence-electron chi connectivity index (χ3n) is 4.16. The molecular weight excluding hydrogens is 436 g/mol. The van der Waals surface area contributed by atoms with Crippen LogP contribution < -0.4 is 10.3 Å². The van der Waals surface area contributed by atoms with E-state index in [-0.39, 0.29) is 5.56 Å². The maximum Gasteiger partial charge on any atom is 0.266 e. The molecule has 1 aromatic heterocycles. The molecule has 0 aliphatic heterocycles. The van der Waals surface area contributed by atoms with Crippen LogP contribution in [0.15, 0.2) is 93.3 Å². The van der Waals surface area contributed by atoms with Crippen molar-refractivity contribution in [3.05, 3.63) is 93.7 Å². The van der Waals surface area contributed by atoms with Crippen LogP contribution in [0.5, 0.6) is 5.75 Å². The first kappa shape index (κ1) is 18.8. The van der Waals surface area contributed by atoms with E-state index in [0.717, 1.165) is 15.9 Å². The molecule has 0 fully saturated rings. The molecule has 4 aromatic rings. The second-order valence-corrected chi connectivity index (χ2v) is 8.02. The van der Waals surface area contributed by atoms with Gasteiger partial charge in [-0.15, -0.1) is 0 Å².